The normalized spacial score (nSPS) is 16.4. The first-order valence-electron chi connectivity index (χ1n) is 8.48. The first-order valence-corrected chi connectivity index (χ1v) is 8.48. The van der Waals surface area contributed by atoms with E-state index in [1.54, 1.807) is 12.0 Å². The fourth-order valence-corrected chi connectivity index (χ4v) is 2.60. The van der Waals surface area contributed by atoms with Crippen LogP contribution < -0.4 is 4.74 Å². The average molecular weight is 332 g/mol. The summed E-state index contributed by atoms with van der Waals surface area (Å²) >= 11 is 0. The van der Waals surface area contributed by atoms with Gasteiger partial charge in [0.1, 0.15) is 11.4 Å². The molecule has 0 spiro atoms. The molecule has 1 heterocycles. The number of piperidine rings is 1. The van der Waals surface area contributed by atoms with Crippen molar-refractivity contribution in [2.45, 2.75) is 45.8 Å². The molecule has 5 nitrogen and oxygen atoms in total. The van der Waals surface area contributed by atoms with E-state index < -0.39 is 5.60 Å². The van der Waals surface area contributed by atoms with Crippen molar-refractivity contribution >= 4 is 12.3 Å². The molecule has 1 saturated heterocycles. The Hall–Kier alpha value is -2.04. The molecule has 1 aromatic rings. The summed E-state index contributed by atoms with van der Waals surface area (Å²) in [4.78, 5) is 18.4. The van der Waals surface area contributed by atoms with Crippen molar-refractivity contribution in [2.75, 3.05) is 20.2 Å². The van der Waals surface area contributed by atoms with Gasteiger partial charge in [0.25, 0.3) is 0 Å². The molecule has 0 saturated carbocycles. The molecule has 1 fully saturated rings. The number of hydrogen-bond acceptors (Lipinski definition) is 4. The van der Waals surface area contributed by atoms with Gasteiger partial charge < -0.3 is 14.4 Å². The highest BCUT2D eigenvalue weighted by Crippen LogP contribution is 2.19. The predicted molar refractivity (Wildman–Crippen MR) is 95.7 cm³/mol. The molecule has 0 aromatic heterocycles. The Kier molecular flexibility index (Phi) is 6.23. The van der Waals surface area contributed by atoms with Gasteiger partial charge in [0.05, 0.1) is 13.7 Å². The van der Waals surface area contributed by atoms with Gasteiger partial charge >= 0.3 is 6.09 Å². The van der Waals surface area contributed by atoms with Crippen molar-refractivity contribution in [1.82, 2.24) is 4.90 Å². The average Bonchev–Trinajstić information content (AvgIpc) is 2.54. The number of rotatable bonds is 4. The van der Waals surface area contributed by atoms with Gasteiger partial charge in [-0.05, 0) is 57.2 Å². The lowest BCUT2D eigenvalue weighted by atomic mass is 9.98. The SMILES string of the molecule is COc1ccc(CN=CC2CCN(C(=O)OC(C)(C)C)CC2)cc1. The number of nitrogens with zero attached hydrogens (tertiary/aromatic N) is 2. The molecule has 0 N–H and O–H groups in total. The van der Waals surface area contributed by atoms with E-state index in [4.69, 9.17) is 9.47 Å². The molecule has 1 aliphatic heterocycles. The first kappa shape index (κ1) is 18.3. The number of carbonyl (C=O) groups is 1. The van der Waals surface area contributed by atoms with Gasteiger partial charge in [-0.15, -0.1) is 0 Å². The molecule has 132 valence electrons. The smallest absolute Gasteiger partial charge is 0.410 e. The van der Waals surface area contributed by atoms with Crippen molar-refractivity contribution in [3.8, 4) is 5.75 Å². The maximum atomic E-state index is 12.0. The summed E-state index contributed by atoms with van der Waals surface area (Å²) in [6.45, 7) is 7.81. The molecule has 1 amide bonds. The molecular weight excluding hydrogens is 304 g/mol. The maximum absolute atomic E-state index is 12.0. The molecule has 2 rings (SSSR count). The largest absolute Gasteiger partial charge is 0.497 e. The minimum Gasteiger partial charge on any atom is -0.497 e. The summed E-state index contributed by atoms with van der Waals surface area (Å²) in [7, 11) is 1.66. The molecule has 0 unspecified atom stereocenters. The van der Waals surface area contributed by atoms with E-state index in [1.165, 1.54) is 5.56 Å². The highest BCUT2D eigenvalue weighted by atomic mass is 16.6. The molecule has 24 heavy (non-hydrogen) atoms. The number of hydrogen-bond donors (Lipinski definition) is 0. The summed E-state index contributed by atoms with van der Waals surface area (Å²) in [5.41, 5.74) is 0.728. The maximum Gasteiger partial charge on any atom is 0.410 e. The molecule has 1 aliphatic rings. The number of ether oxygens (including phenoxy) is 2. The van der Waals surface area contributed by atoms with E-state index >= 15 is 0 Å². The van der Waals surface area contributed by atoms with Gasteiger partial charge in [-0.25, -0.2) is 4.79 Å². The van der Waals surface area contributed by atoms with Crippen LogP contribution in [-0.4, -0.2) is 43.0 Å². The van der Waals surface area contributed by atoms with Crippen molar-refractivity contribution < 1.29 is 14.3 Å². The van der Waals surface area contributed by atoms with E-state index in [1.807, 2.05) is 51.3 Å². The topological polar surface area (TPSA) is 51.1 Å². The second-order valence-electron chi connectivity index (χ2n) is 7.14. The van der Waals surface area contributed by atoms with Crippen molar-refractivity contribution in [3.63, 3.8) is 0 Å². The second-order valence-corrected chi connectivity index (χ2v) is 7.14. The van der Waals surface area contributed by atoms with E-state index in [-0.39, 0.29) is 6.09 Å². The van der Waals surface area contributed by atoms with Gasteiger partial charge in [0, 0.05) is 19.3 Å². The number of carbonyl (C=O) groups excluding carboxylic acids is 1. The number of aliphatic imine (C=N–C) groups is 1. The van der Waals surface area contributed by atoms with Crippen LogP contribution in [0.4, 0.5) is 4.79 Å². The van der Waals surface area contributed by atoms with Crippen molar-refractivity contribution in [3.05, 3.63) is 29.8 Å². The van der Waals surface area contributed by atoms with Gasteiger partial charge in [-0.1, -0.05) is 12.1 Å². The summed E-state index contributed by atoms with van der Waals surface area (Å²) in [6, 6.07) is 7.96. The van der Waals surface area contributed by atoms with E-state index in [0.29, 0.717) is 12.5 Å². The molecule has 0 aliphatic carbocycles. The molecule has 5 heteroatoms. The van der Waals surface area contributed by atoms with Crippen LogP contribution in [-0.2, 0) is 11.3 Å². The Morgan fingerprint density at radius 2 is 1.88 bits per heavy atom. The minimum atomic E-state index is -0.437. The fraction of sp³-hybridized carbons (Fsp3) is 0.579. The van der Waals surface area contributed by atoms with Crippen LogP contribution in [0.15, 0.2) is 29.3 Å². The Morgan fingerprint density at radius 1 is 1.25 bits per heavy atom. The van der Waals surface area contributed by atoms with E-state index in [0.717, 1.165) is 31.7 Å². The van der Waals surface area contributed by atoms with Gasteiger partial charge in [-0.2, -0.15) is 0 Å². The number of amides is 1. The molecule has 0 atom stereocenters. The third-order valence-corrected chi connectivity index (χ3v) is 3.94. The van der Waals surface area contributed by atoms with Crippen LogP contribution in [0.25, 0.3) is 0 Å². The van der Waals surface area contributed by atoms with Gasteiger partial charge in [-0.3, -0.25) is 4.99 Å². The predicted octanol–water partition coefficient (Wildman–Crippen LogP) is 3.91. The zero-order valence-electron chi connectivity index (χ0n) is 15.1. The van der Waals surface area contributed by atoms with Gasteiger partial charge in [0.2, 0.25) is 0 Å². The van der Waals surface area contributed by atoms with Gasteiger partial charge in [0.15, 0.2) is 0 Å². The molecule has 0 bridgehead atoms. The van der Waals surface area contributed by atoms with Crippen LogP contribution >= 0.6 is 0 Å². The standard InChI is InChI=1S/C19H28N2O3/c1-19(2,3)24-18(22)21-11-9-16(10-12-21)14-20-13-15-5-7-17(23-4)8-6-15/h5-8,14,16H,9-13H2,1-4H3. The summed E-state index contributed by atoms with van der Waals surface area (Å²) in [6.07, 6.45) is 3.70. The van der Waals surface area contributed by atoms with E-state index in [2.05, 4.69) is 4.99 Å². The third kappa shape index (κ3) is 5.87. The second kappa shape index (κ2) is 8.18. The quantitative estimate of drug-likeness (QED) is 0.785. The monoisotopic (exact) mass is 332 g/mol. The lowest BCUT2D eigenvalue weighted by Crippen LogP contribution is -2.41. The van der Waals surface area contributed by atoms with E-state index in [9.17, 15) is 4.79 Å². The van der Waals surface area contributed by atoms with Crippen molar-refractivity contribution in [2.24, 2.45) is 10.9 Å². The lowest BCUT2D eigenvalue weighted by Gasteiger charge is -2.32. The summed E-state index contributed by atoms with van der Waals surface area (Å²) in [5, 5.41) is 0. The fourth-order valence-electron chi connectivity index (χ4n) is 2.60. The van der Waals surface area contributed by atoms with Crippen molar-refractivity contribution in [1.29, 1.82) is 0 Å². The minimum absolute atomic E-state index is 0.212. The first-order chi connectivity index (χ1) is 11.4. The third-order valence-electron chi connectivity index (χ3n) is 3.94. The summed E-state index contributed by atoms with van der Waals surface area (Å²) in [5.74, 6) is 1.29. The molecule has 1 aromatic carbocycles. The Morgan fingerprint density at radius 3 is 2.42 bits per heavy atom. The Labute approximate surface area is 144 Å². The highest BCUT2D eigenvalue weighted by Gasteiger charge is 2.26. The van der Waals surface area contributed by atoms with Crippen LogP contribution in [0.5, 0.6) is 5.75 Å². The zero-order valence-corrected chi connectivity index (χ0v) is 15.1. The Bertz CT molecular complexity index is 553. The molecular formula is C19H28N2O3. The number of methoxy groups -OCH3 is 1. The lowest BCUT2D eigenvalue weighted by molar-refractivity contribution is 0.0203. The molecule has 0 radical (unpaired) electrons. The summed E-state index contributed by atoms with van der Waals surface area (Å²) < 4.78 is 10.6. The highest BCUT2D eigenvalue weighted by molar-refractivity contribution is 5.69. The number of benzene rings is 1. The number of likely N-dealkylation sites (tertiary alicyclic amines) is 1. The van der Waals surface area contributed by atoms with Crippen LogP contribution in [0.3, 0.4) is 0 Å². The van der Waals surface area contributed by atoms with Crippen LogP contribution in [0, 0.1) is 5.92 Å². The van der Waals surface area contributed by atoms with Crippen LogP contribution in [0.2, 0.25) is 0 Å². The Balaban J connectivity index is 1.75. The zero-order chi connectivity index (χ0) is 17.6. The van der Waals surface area contributed by atoms with Crippen LogP contribution in [0.1, 0.15) is 39.2 Å².